The lowest BCUT2D eigenvalue weighted by molar-refractivity contribution is -0.116. The second kappa shape index (κ2) is 6.43. The summed E-state index contributed by atoms with van der Waals surface area (Å²) in [4.78, 5) is 11.7. The summed E-state index contributed by atoms with van der Waals surface area (Å²) in [7, 11) is 0. The van der Waals surface area contributed by atoms with Gasteiger partial charge in [0.2, 0.25) is 5.91 Å². The highest BCUT2D eigenvalue weighted by Gasteiger charge is 2.09. The zero-order valence-corrected chi connectivity index (χ0v) is 11.1. The van der Waals surface area contributed by atoms with E-state index in [4.69, 9.17) is 0 Å². The lowest BCUT2D eigenvalue weighted by Gasteiger charge is -2.18. The van der Waals surface area contributed by atoms with Crippen LogP contribution in [0.1, 0.15) is 44.6 Å². The minimum Gasteiger partial charge on any atom is -0.385 e. The molecular weight excluding hydrogens is 224 g/mol. The fourth-order valence-corrected chi connectivity index (χ4v) is 2.31. The second-order valence-electron chi connectivity index (χ2n) is 4.91. The van der Waals surface area contributed by atoms with Gasteiger partial charge in [0.05, 0.1) is 0 Å². The molecule has 1 aliphatic rings. The molecule has 0 aromatic heterocycles. The number of benzene rings is 1. The fraction of sp³-hybridized carbons (Fsp3) is 0.533. The molecule has 1 aliphatic heterocycles. The summed E-state index contributed by atoms with van der Waals surface area (Å²) in [5.74, 6) is 0.132. The predicted molar refractivity (Wildman–Crippen MR) is 76.0 cm³/mol. The zero-order chi connectivity index (χ0) is 12.8. The summed E-state index contributed by atoms with van der Waals surface area (Å²) >= 11 is 0. The van der Waals surface area contributed by atoms with Crippen LogP contribution < -0.4 is 10.6 Å². The van der Waals surface area contributed by atoms with Crippen molar-refractivity contribution < 1.29 is 4.79 Å². The summed E-state index contributed by atoms with van der Waals surface area (Å²) in [5, 5.41) is 6.36. The molecule has 3 heteroatoms. The number of amides is 1. The van der Waals surface area contributed by atoms with Crippen molar-refractivity contribution >= 4 is 17.3 Å². The summed E-state index contributed by atoms with van der Waals surface area (Å²) in [6.07, 6.45) is 6.15. The molecule has 1 amide bonds. The van der Waals surface area contributed by atoms with Crippen LogP contribution in [-0.2, 0) is 11.2 Å². The van der Waals surface area contributed by atoms with Crippen LogP contribution in [0.2, 0.25) is 0 Å². The number of unbranched alkanes of at least 4 members (excludes halogenated alkanes) is 2. The van der Waals surface area contributed by atoms with Gasteiger partial charge in [0.1, 0.15) is 0 Å². The van der Waals surface area contributed by atoms with Gasteiger partial charge in [-0.05, 0) is 43.0 Å². The van der Waals surface area contributed by atoms with E-state index in [1.54, 1.807) is 0 Å². The molecule has 0 fully saturated rings. The van der Waals surface area contributed by atoms with Crippen LogP contribution in [0.3, 0.4) is 0 Å². The molecule has 98 valence electrons. The summed E-state index contributed by atoms with van der Waals surface area (Å²) in [6, 6.07) is 6.14. The van der Waals surface area contributed by atoms with Crippen molar-refractivity contribution in [2.75, 3.05) is 17.2 Å². The van der Waals surface area contributed by atoms with Gasteiger partial charge in [0, 0.05) is 24.3 Å². The van der Waals surface area contributed by atoms with Gasteiger partial charge in [0.15, 0.2) is 0 Å². The van der Waals surface area contributed by atoms with Crippen molar-refractivity contribution in [2.24, 2.45) is 0 Å². The van der Waals surface area contributed by atoms with Crippen LogP contribution in [0.15, 0.2) is 18.2 Å². The maximum absolute atomic E-state index is 11.7. The minimum absolute atomic E-state index is 0.132. The monoisotopic (exact) mass is 246 g/mol. The highest BCUT2D eigenvalue weighted by molar-refractivity contribution is 5.91. The highest BCUT2D eigenvalue weighted by atomic mass is 16.1. The van der Waals surface area contributed by atoms with E-state index < -0.39 is 0 Å². The first-order valence-electron chi connectivity index (χ1n) is 6.96. The Kier molecular flexibility index (Phi) is 4.62. The molecule has 1 aromatic rings. The van der Waals surface area contributed by atoms with E-state index in [0.717, 1.165) is 37.9 Å². The average Bonchev–Trinajstić information content (AvgIpc) is 2.39. The number of carbonyl (C=O) groups is 1. The molecule has 0 saturated heterocycles. The standard InChI is InChI=1S/C15H22N2O/c1-2-3-4-7-15(18)17-13-8-9-14-12(11-13)6-5-10-16-14/h8-9,11,16H,2-7,10H2,1H3,(H,17,18). The van der Waals surface area contributed by atoms with Crippen molar-refractivity contribution in [3.63, 3.8) is 0 Å². The van der Waals surface area contributed by atoms with Gasteiger partial charge in [-0.15, -0.1) is 0 Å². The van der Waals surface area contributed by atoms with Crippen molar-refractivity contribution in [1.29, 1.82) is 0 Å². The van der Waals surface area contributed by atoms with Crippen LogP contribution in [-0.4, -0.2) is 12.5 Å². The lowest BCUT2D eigenvalue weighted by Crippen LogP contribution is -2.14. The summed E-state index contributed by atoms with van der Waals surface area (Å²) in [5.41, 5.74) is 3.46. The average molecular weight is 246 g/mol. The van der Waals surface area contributed by atoms with Crippen LogP contribution in [0.25, 0.3) is 0 Å². The quantitative estimate of drug-likeness (QED) is 0.780. The van der Waals surface area contributed by atoms with Crippen LogP contribution in [0.5, 0.6) is 0 Å². The largest absolute Gasteiger partial charge is 0.385 e. The first kappa shape index (κ1) is 12.9. The molecule has 1 aromatic carbocycles. The summed E-state index contributed by atoms with van der Waals surface area (Å²) < 4.78 is 0. The van der Waals surface area contributed by atoms with E-state index in [-0.39, 0.29) is 5.91 Å². The van der Waals surface area contributed by atoms with Gasteiger partial charge >= 0.3 is 0 Å². The molecule has 0 spiro atoms. The van der Waals surface area contributed by atoms with Crippen molar-refractivity contribution in [1.82, 2.24) is 0 Å². The Balaban J connectivity index is 1.91. The zero-order valence-electron chi connectivity index (χ0n) is 11.1. The third-order valence-corrected chi connectivity index (χ3v) is 3.33. The van der Waals surface area contributed by atoms with E-state index in [2.05, 4.69) is 29.7 Å². The van der Waals surface area contributed by atoms with Gasteiger partial charge in [-0.3, -0.25) is 4.79 Å². The number of anilines is 2. The molecule has 2 rings (SSSR count). The Morgan fingerprint density at radius 1 is 1.39 bits per heavy atom. The predicted octanol–water partition coefficient (Wildman–Crippen LogP) is 3.56. The Hall–Kier alpha value is -1.51. The Morgan fingerprint density at radius 2 is 2.28 bits per heavy atom. The van der Waals surface area contributed by atoms with Gasteiger partial charge < -0.3 is 10.6 Å². The minimum atomic E-state index is 0.132. The number of hydrogen-bond donors (Lipinski definition) is 2. The molecule has 1 heterocycles. The third-order valence-electron chi connectivity index (χ3n) is 3.33. The molecule has 0 radical (unpaired) electrons. The molecule has 0 atom stereocenters. The van der Waals surface area contributed by atoms with Gasteiger partial charge in [-0.1, -0.05) is 19.8 Å². The van der Waals surface area contributed by atoms with E-state index in [1.165, 1.54) is 17.7 Å². The number of rotatable bonds is 5. The number of fused-ring (bicyclic) bond motifs is 1. The number of hydrogen-bond acceptors (Lipinski definition) is 2. The van der Waals surface area contributed by atoms with E-state index in [1.807, 2.05) is 6.07 Å². The molecule has 2 N–H and O–H groups in total. The maximum Gasteiger partial charge on any atom is 0.224 e. The smallest absolute Gasteiger partial charge is 0.224 e. The second-order valence-corrected chi connectivity index (χ2v) is 4.91. The first-order valence-corrected chi connectivity index (χ1v) is 6.96. The number of aryl methyl sites for hydroxylation is 1. The molecule has 0 saturated carbocycles. The normalized spacial score (nSPS) is 13.6. The summed E-state index contributed by atoms with van der Waals surface area (Å²) in [6.45, 7) is 3.20. The lowest BCUT2D eigenvalue weighted by atomic mass is 10.0. The van der Waals surface area contributed by atoms with Crippen LogP contribution in [0, 0.1) is 0 Å². The van der Waals surface area contributed by atoms with Crippen molar-refractivity contribution in [3.8, 4) is 0 Å². The Bertz CT molecular complexity index is 415. The van der Waals surface area contributed by atoms with Crippen molar-refractivity contribution in [3.05, 3.63) is 23.8 Å². The molecule has 0 aliphatic carbocycles. The maximum atomic E-state index is 11.7. The molecule has 18 heavy (non-hydrogen) atoms. The van der Waals surface area contributed by atoms with Crippen LogP contribution in [0.4, 0.5) is 11.4 Å². The van der Waals surface area contributed by atoms with Gasteiger partial charge in [-0.25, -0.2) is 0 Å². The first-order chi connectivity index (χ1) is 8.79. The molecule has 0 unspecified atom stereocenters. The van der Waals surface area contributed by atoms with Gasteiger partial charge in [0.25, 0.3) is 0 Å². The Labute approximate surface area is 109 Å². The molecule has 3 nitrogen and oxygen atoms in total. The topological polar surface area (TPSA) is 41.1 Å². The van der Waals surface area contributed by atoms with E-state index >= 15 is 0 Å². The highest BCUT2D eigenvalue weighted by Crippen LogP contribution is 2.25. The van der Waals surface area contributed by atoms with Crippen LogP contribution >= 0.6 is 0 Å². The van der Waals surface area contributed by atoms with Crippen molar-refractivity contribution in [2.45, 2.75) is 45.4 Å². The Morgan fingerprint density at radius 3 is 3.11 bits per heavy atom. The number of carbonyl (C=O) groups excluding carboxylic acids is 1. The third kappa shape index (κ3) is 3.49. The number of nitrogens with one attached hydrogen (secondary N) is 2. The molecule has 0 bridgehead atoms. The molecular formula is C15H22N2O. The van der Waals surface area contributed by atoms with E-state index in [9.17, 15) is 4.79 Å². The van der Waals surface area contributed by atoms with E-state index in [0.29, 0.717) is 6.42 Å². The fourth-order valence-electron chi connectivity index (χ4n) is 2.31. The SMILES string of the molecule is CCCCCC(=O)Nc1ccc2c(c1)CCCN2. The van der Waals surface area contributed by atoms with Gasteiger partial charge in [-0.2, -0.15) is 0 Å².